The minimum Gasteiger partial charge on any atom is -0.495 e. The van der Waals surface area contributed by atoms with Gasteiger partial charge < -0.3 is 19.3 Å². The van der Waals surface area contributed by atoms with Gasteiger partial charge in [0.2, 0.25) is 0 Å². The summed E-state index contributed by atoms with van der Waals surface area (Å²) in [6.45, 7) is 4.74. The predicted molar refractivity (Wildman–Crippen MR) is 109 cm³/mol. The quantitative estimate of drug-likeness (QED) is 0.750. The minimum absolute atomic E-state index is 0.675. The van der Waals surface area contributed by atoms with Crippen molar-refractivity contribution in [2.75, 3.05) is 18.6 Å². The molecule has 1 aliphatic carbocycles. The van der Waals surface area contributed by atoms with Crippen LogP contribution in [0.5, 0.6) is 0 Å². The van der Waals surface area contributed by atoms with Crippen LogP contribution in [0.25, 0.3) is 5.70 Å². The molecule has 1 atom stereocenters. The van der Waals surface area contributed by atoms with Crippen LogP contribution in [-0.4, -0.2) is 34.5 Å². The number of ether oxygens (including phenoxy) is 1. The largest absolute Gasteiger partial charge is 0.495 e. The van der Waals surface area contributed by atoms with E-state index in [1.165, 1.54) is 0 Å². The number of aromatic nitrogens is 2. The van der Waals surface area contributed by atoms with E-state index in [9.17, 15) is 5.11 Å². The average molecular weight is 365 g/mol. The number of allylic oxidation sites excluding steroid dienone is 4. The van der Waals surface area contributed by atoms with E-state index in [4.69, 9.17) is 4.74 Å². The van der Waals surface area contributed by atoms with E-state index in [-0.39, 0.29) is 0 Å². The van der Waals surface area contributed by atoms with Gasteiger partial charge in [0, 0.05) is 18.4 Å². The summed E-state index contributed by atoms with van der Waals surface area (Å²) in [5.74, 6) is 0.836. The second-order valence-corrected chi connectivity index (χ2v) is 6.55. The molecule has 0 saturated carbocycles. The zero-order chi connectivity index (χ0) is 19.2. The number of aliphatic hydroxyl groups is 1. The molecule has 0 spiro atoms. The van der Waals surface area contributed by atoms with Crippen molar-refractivity contribution in [3.05, 3.63) is 78.1 Å². The van der Waals surface area contributed by atoms with Gasteiger partial charge in [0.15, 0.2) is 0 Å². The lowest BCUT2D eigenvalue weighted by Crippen LogP contribution is -2.33. The number of hydrogen-bond acceptors (Lipinski definition) is 4. The van der Waals surface area contributed by atoms with Gasteiger partial charge in [0.1, 0.15) is 12.0 Å². The molecule has 5 heteroatoms. The molecular weight excluding hydrogens is 338 g/mol. The standard InChI is InChI=1S/C22H27N3O2/c1-4-25(19-8-6-5-7-9-19)22(26)13-11-18-10-12-20(21(14-18)27-3)24-15-17(2)23-16-24/h5-9,11,13-16,22,26H,4,10,12H2,1-3H3/b13-11+. The van der Waals surface area contributed by atoms with Crippen LogP contribution in [0.3, 0.4) is 0 Å². The van der Waals surface area contributed by atoms with Crippen molar-refractivity contribution >= 4 is 11.4 Å². The third kappa shape index (κ3) is 4.49. The minimum atomic E-state index is -0.675. The Labute approximate surface area is 160 Å². The van der Waals surface area contributed by atoms with E-state index in [0.29, 0.717) is 0 Å². The summed E-state index contributed by atoms with van der Waals surface area (Å²) in [6.07, 6.45) is 10.8. The molecule has 1 aliphatic rings. The topological polar surface area (TPSA) is 50.5 Å². The number of methoxy groups -OCH3 is 1. The highest BCUT2D eigenvalue weighted by Crippen LogP contribution is 2.29. The van der Waals surface area contributed by atoms with Crippen LogP contribution in [0.2, 0.25) is 0 Å². The van der Waals surface area contributed by atoms with Crippen LogP contribution < -0.4 is 4.90 Å². The van der Waals surface area contributed by atoms with Crippen LogP contribution >= 0.6 is 0 Å². The summed E-state index contributed by atoms with van der Waals surface area (Å²) in [5, 5.41) is 10.6. The summed E-state index contributed by atoms with van der Waals surface area (Å²) < 4.78 is 7.61. The Bertz CT molecular complexity index is 849. The number of rotatable bonds is 7. The highest BCUT2D eigenvalue weighted by Gasteiger charge is 2.16. The zero-order valence-corrected chi connectivity index (χ0v) is 16.2. The van der Waals surface area contributed by atoms with Crippen LogP contribution in [0, 0.1) is 6.92 Å². The van der Waals surface area contributed by atoms with E-state index < -0.39 is 6.23 Å². The van der Waals surface area contributed by atoms with E-state index >= 15 is 0 Å². The molecule has 0 fully saturated rings. The molecule has 1 heterocycles. The molecular formula is C22H27N3O2. The Kier molecular flexibility index (Phi) is 6.14. The van der Waals surface area contributed by atoms with E-state index in [2.05, 4.69) is 4.98 Å². The first-order valence-electron chi connectivity index (χ1n) is 9.29. The van der Waals surface area contributed by atoms with Crippen molar-refractivity contribution in [3.63, 3.8) is 0 Å². The first-order chi connectivity index (χ1) is 13.1. The fourth-order valence-corrected chi connectivity index (χ4v) is 3.30. The number of para-hydroxylation sites is 1. The summed E-state index contributed by atoms with van der Waals surface area (Å²) >= 11 is 0. The van der Waals surface area contributed by atoms with Crippen LogP contribution in [-0.2, 0) is 4.74 Å². The Morgan fingerprint density at radius 2 is 2.07 bits per heavy atom. The van der Waals surface area contributed by atoms with Crippen molar-refractivity contribution in [2.24, 2.45) is 0 Å². The van der Waals surface area contributed by atoms with Gasteiger partial charge in [-0.25, -0.2) is 4.98 Å². The first kappa shape index (κ1) is 19.0. The first-order valence-corrected chi connectivity index (χ1v) is 9.29. The fraction of sp³-hybridized carbons (Fsp3) is 0.318. The number of likely N-dealkylation sites (N-methyl/N-ethyl adjacent to an activating group) is 1. The molecule has 0 saturated heterocycles. The molecule has 142 valence electrons. The van der Waals surface area contributed by atoms with Crippen molar-refractivity contribution in [3.8, 4) is 0 Å². The maximum Gasteiger partial charge on any atom is 0.146 e. The Balaban J connectivity index is 1.77. The molecule has 1 aromatic heterocycles. The van der Waals surface area contributed by atoms with Gasteiger partial charge >= 0.3 is 0 Å². The number of aliphatic hydroxyl groups excluding tert-OH is 1. The predicted octanol–water partition coefficient (Wildman–Crippen LogP) is 4.13. The Morgan fingerprint density at radius 1 is 1.30 bits per heavy atom. The third-order valence-corrected chi connectivity index (χ3v) is 4.72. The maximum absolute atomic E-state index is 10.6. The second-order valence-electron chi connectivity index (χ2n) is 6.55. The molecule has 1 unspecified atom stereocenters. The smallest absolute Gasteiger partial charge is 0.146 e. The molecule has 0 bridgehead atoms. The lowest BCUT2D eigenvalue weighted by Gasteiger charge is -2.27. The maximum atomic E-state index is 10.6. The molecule has 0 amide bonds. The van der Waals surface area contributed by atoms with Gasteiger partial charge in [-0.2, -0.15) is 0 Å². The lowest BCUT2D eigenvalue weighted by atomic mass is 10.0. The van der Waals surface area contributed by atoms with E-state index in [1.807, 2.05) is 84.4 Å². The second kappa shape index (κ2) is 8.73. The van der Waals surface area contributed by atoms with Gasteiger partial charge in [0.05, 0.1) is 24.8 Å². The molecule has 27 heavy (non-hydrogen) atoms. The van der Waals surface area contributed by atoms with Crippen LogP contribution in [0.4, 0.5) is 5.69 Å². The van der Waals surface area contributed by atoms with E-state index in [0.717, 1.165) is 47.8 Å². The lowest BCUT2D eigenvalue weighted by molar-refractivity contribution is 0.218. The number of anilines is 1. The van der Waals surface area contributed by atoms with Gasteiger partial charge in [-0.1, -0.05) is 24.3 Å². The third-order valence-electron chi connectivity index (χ3n) is 4.72. The van der Waals surface area contributed by atoms with Gasteiger partial charge in [-0.05, 0) is 56.5 Å². The molecule has 5 nitrogen and oxygen atoms in total. The fourth-order valence-electron chi connectivity index (χ4n) is 3.30. The molecule has 0 radical (unpaired) electrons. The summed E-state index contributed by atoms with van der Waals surface area (Å²) in [5.41, 5.74) is 4.23. The van der Waals surface area contributed by atoms with Crippen molar-refractivity contribution in [1.29, 1.82) is 0 Å². The average Bonchev–Trinajstić information content (AvgIpc) is 3.13. The monoisotopic (exact) mass is 365 g/mol. The normalized spacial score (nSPS) is 15.8. The summed E-state index contributed by atoms with van der Waals surface area (Å²) in [7, 11) is 1.69. The Morgan fingerprint density at radius 3 is 2.70 bits per heavy atom. The van der Waals surface area contributed by atoms with Gasteiger partial charge in [0.25, 0.3) is 0 Å². The number of aryl methyl sites for hydroxylation is 1. The van der Waals surface area contributed by atoms with Crippen molar-refractivity contribution in [1.82, 2.24) is 9.55 Å². The summed E-state index contributed by atoms with van der Waals surface area (Å²) in [4.78, 5) is 6.25. The number of nitrogens with zero attached hydrogens (tertiary/aromatic N) is 3. The van der Waals surface area contributed by atoms with E-state index in [1.54, 1.807) is 7.11 Å². The van der Waals surface area contributed by atoms with Crippen LogP contribution in [0.1, 0.15) is 25.5 Å². The van der Waals surface area contributed by atoms with Gasteiger partial charge in [-0.15, -0.1) is 0 Å². The molecule has 3 rings (SSSR count). The number of benzene rings is 1. The summed E-state index contributed by atoms with van der Waals surface area (Å²) in [6, 6.07) is 9.95. The van der Waals surface area contributed by atoms with Crippen molar-refractivity contribution in [2.45, 2.75) is 32.9 Å². The zero-order valence-electron chi connectivity index (χ0n) is 16.2. The SMILES string of the molecule is CCN(c1ccccc1)C(O)/C=C/C1=CC(OC)=C(n2cnc(C)c2)CC1. The highest BCUT2D eigenvalue weighted by molar-refractivity contribution is 5.57. The van der Waals surface area contributed by atoms with Crippen molar-refractivity contribution < 1.29 is 9.84 Å². The Hall–Kier alpha value is -2.79. The highest BCUT2D eigenvalue weighted by atomic mass is 16.5. The van der Waals surface area contributed by atoms with Gasteiger partial charge in [-0.3, -0.25) is 0 Å². The molecule has 1 N–H and O–H groups in total. The molecule has 1 aromatic carbocycles. The number of imidazole rings is 1. The molecule has 2 aromatic rings. The number of hydrogen-bond donors (Lipinski definition) is 1. The molecule has 0 aliphatic heterocycles. The van der Waals surface area contributed by atoms with Crippen LogP contribution in [0.15, 0.2) is 72.4 Å².